The number of rotatable bonds is 7. The third kappa shape index (κ3) is 18.0. The Morgan fingerprint density at radius 3 is 2.06 bits per heavy atom. The Morgan fingerprint density at radius 1 is 1.12 bits per heavy atom. The number of carbonyl (C=O) groups excluding carboxylic acids is 3. The Hall–Kier alpha value is -2.82. The van der Waals surface area contributed by atoms with E-state index < -0.39 is 43.6 Å². The molecular weight excluding hydrogens is 470 g/mol. The maximum absolute atomic E-state index is 12.1. The molecule has 1 aromatic rings. The lowest BCUT2D eigenvalue weighted by Crippen LogP contribution is -2.10. The first-order valence-electron chi connectivity index (χ1n) is 8.85. The van der Waals surface area contributed by atoms with Crippen LogP contribution in [0, 0.1) is 11.3 Å². The molecule has 1 aromatic heterocycles. The molecule has 0 radical (unpaired) electrons. The molecule has 0 saturated heterocycles. The first kappa shape index (κ1) is 31.4. The minimum Gasteiger partial charge on any atom is -0.465 e. The van der Waals surface area contributed by atoms with Gasteiger partial charge in [0.25, 0.3) is 0 Å². The average Bonchev–Trinajstić information content (AvgIpc) is 2.99. The van der Waals surface area contributed by atoms with E-state index in [0.717, 1.165) is 17.4 Å². The SMILES string of the molecule is CCOC(=O)CC#N.CCOC(=O)c1cc(CC(F)(F)F)sc1N.O=CCCC(F)(F)F. The lowest BCUT2D eigenvalue weighted by molar-refractivity contribution is -0.142. The van der Waals surface area contributed by atoms with Gasteiger partial charge in [-0.3, -0.25) is 4.79 Å². The summed E-state index contributed by atoms with van der Waals surface area (Å²) in [5.41, 5.74) is 5.45. The third-order valence-corrected chi connectivity index (χ3v) is 3.72. The molecule has 1 rings (SSSR count). The van der Waals surface area contributed by atoms with Crippen molar-refractivity contribution in [1.82, 2.24) is 0 Å². The molecule has 7 nitrogen and oxygen atoms in total. The van der Waals surface area contributed by atoms with Gasteiger partial charge in [0, 0.05) is 11.3 Å². The highest BCUT2D eigenvalue weighted by Gasteiger charge is 2.30. The van der Waals surface area contributed by atoms with Crippen LogP contribution in [0.5, 0.6) is 0 Å². The van der Waals surface area contributed by atoms with Gasteiger partial charge in [0.15, 0.2) is 0 Å². The molecule has 14 heteroatoms. The summed E-state index contributed by atoms with van der Waals surface area (Å²) in [4.78, 5) is 30.8. The molecule has 0 aliphatic heterocycles. The minimum atomic E-state index is -4.30. The topological polar surface area (TPSA) is 119 Å². The predicted octanol–water partition coefficient (Wildman–Crippen LogP) is 4.60. The van der Waals surface area contributed by atoms with Crippen molar-refractivity contribution in [1.29, 1.82) is 5.26 Å². The molecule has 1 heterocycles. The second-order valence-corrected chi connectivity index (χ2v) is 6.63. The van der Waals surface area contributed by atoms with Crippen LogP contribution in [-0.4, -0.2) is 43.8 Å². The van der Waals surface area contributed by atoms with Gasteiger partial charge in [0.2, 0.25) is 0 Å². The van der Waals surface area contributed by atoms with Crippen molar-refractivity contribution in [3.8, 4) is 6.07 Å². The summed E-state index contributed by atoms with van der Waals surface area (Å²) >= 11 is 0.752. The number of halogens is 6. The lowest BCUT2D eigenvalue weighted by Gasteiger charge is -2.02. The van der Waals surface area contributed by atoms with E-state index >= 15 is 0 Å². The van der Waals surface area contributed by atoms with Crippen LogP contribution >= 0.6 is 11.3 Å². The highest BCUT2D eigenvalue weighted by molar-refractivity contribution is 7.16. The summed E-state index contributed by atoms with van der Waals surface area (Å²) in [7, 11) is 0. The smallest absolute Gasteiger partial charge is 0.393 e. The van der Waals surface area contributed by atoms with E-state index in [1.807, 2.05) is 0 Å². The van der Waals surface area contributed by atoms with Gasteiger partial charge >= 0.3 is 24.3 Å². The number of anilines is 1. The number of hydrogen-bond acceptors (Lipinski definition) is 8. The van der Waals surface area contributed by atoms with Crippen LogP contribution in [0.4, 0.5) is 31.3 Å². The Labute approximate surface area is 184 Å². The van der Waals surface area contributed by atoms with Crippen LogP contribution in [0.25, 0.3) is 0 Å². The molecule has 182 valence electrons. The van der Waals surface area contributed by atoms with Gasteiger partial charge in [-0.15, -0.1) is 11.3 Å². The van der Waals surface area contributed by atoms with Crippen molar-refractivity contribution in [3.05, 3.63) is 16.5 Å². The van der Waals surface area contributed by atoms with Crippen molar-refractivity contribution in [3.63, 3.8) is 0 Å². The van der Waals surface area contributed by atoms with Gasteiger partial charge in [-0.25, -0.2) is 4.79 Å². The van der Waals surface area contributed by atoms with Gasteiger partial charge in [0.1, 0.15) is 17.7 Å². The highest BCUT2D eigenvalue weighted by atomic mass is 32.1. The van der Waals surface area contributed by atoms with Crippen LogP contribution in [-0.2, 0) is 25.5 Å². The number of nitrogens with two attached hydrogens (primary N) is 1. The summed E-state index contributed by atoms with van der Waals surface area (Å²) in [5, 5.41) is 7.97. The highest BCUT2D eigenvalue weighted by Crippen LogP contribution is 2.31. The number of hydrogen-bond donors (Lipinski definition) is 1. The van der Waals surface area contributed by atoms with Gasteiger partial charge in [-0.1, -0.05) is 0 Å². The normalized spacial score (nSPS) is 10.5. The molecule has 0 unspecified atom stereocenters. The zero-order chi connectivity index (χ0) is 25.4. The van der Waals surface area contributed by atoms with Crippen molar-refractivity contribution in [2.75, 3.05) is 18.9 Å². The molecule has 0 bridgehead atoms. The number of carbonyl (C=O) groups is 3. The quantitative estimate of drug-likeness (QED) is 0.336. The number of thiophene rings is 1. The Balaban J connectivity index is 0. The first-order chi connectivity index (χ1) is 14.7. The minimum absolute atomic E-state index is 0.00565. The average molecular weight is 492 g/mol. The maximum atomic E-state index is 12.1. The fraction of sp³-hybridized carbons (Fsp3) is 0.556. The molecule has 0 aliphatic rings. The van der Waals surface area contributed by atoms with Crippen LogP contribution < -0.4 is 5.73 Å². The molecule has 0 aliphatic carbocycles. The van der Waals surface area contributed by atoms with E-state index in [2.05, 4.69) is 9.47 Å². The molecule has 0 atom stereocenters. The van der Waals surface area contributed by atoms with E-state index in [1.54, 1.807) is 19.9 Å². The van der Waals surface area contributed by atoms with Gasteiger partial charge in [0.05, 0.1) is 37.7 Å². The number of esters is 2. The first-order valence-corrected chi connectivity index (χ1v) is 9.67. The fourth-order valence-corrected chi connectivity index (χ4v) is 2.56. The third-order valence-electron chi connectivity index (χ3n) is 2.76. The zero-order valence-electron chi connectivity index (χ0n) is 17.1. The Bertz CT molecular complexity index is 757. The summed E-state index contributed by atoms with van der Waals surface area (Å²) in [6.07, 6.45) is -10.9. The summed E-state index contributed by atoms with van der Waals surface area (Å²) in [6.45, 7) is 3.82. The van der Waals surface area contributed by atoms with E-state index in [-0.39, 0.29) is 34.8 Å². The molecule has 2 N–H and O–H groups in total. The summed E-state index contributed by atoms with van der Waals surface area (Å²) in [5.74, 6) is -1.14. The maximum Gasteiger partial charge on any atom is 0.393 e. The Morgan fingerprint density at radius 2 is 1.69 bits per heavy atom. The van der Waals surface area contributed by atoms with Gasteiger partial charge < -0.3 is 20.0 Å². The van der Waals surface area contributed by atoms with E-state index in [4.69, 9.17) is 11.0 Å². The largest absolute Gasteiger partial charge is 0.465 e. The second-order valence-electron chi connectivity index (χ2n) is 5.46. The van der Waals surface area contributed by atoms with Crippen molar-refractivity contribution in [2.45, 2.75) is 51.9 Å². The van der Waals surface area contributed by atoms with Gasteiger partial charge in [-0.05, 0) is 19.9 Å². The van der Waals surface area contributed by atoms with Crippen LogP contribution in [0.3, 0.4) is 0 Å². The van der Waals surface area contributed by atoms with E-state index in [9.17, 15) is 40.7 Å². The van der Waals surface area contributed by atoms with Crippen LogP contribution in [0.15, 0.2) is 6.07 Å². The fourth-order valence-electron chi connectivity index (χ4n) is 1.61. The molecular formula is C18H22F6N2O5S. The number of ether oxygens (including phenoxy) is 2. The molecule has 32 heavy (non-hydrogen) atoms. The summed E-state index contributed by atoms with van der Waals surface area (Å²) < 4.78 is 78.6. The molecule has 0 fully saturated rings. The standard InChI is InChI=1S/C9H10F3NO2S.C5H7NO2.C4H5F3O/c1-2-15-8(14)6-3-5(16-7(6)13)4-9(10,11)12;1-2-8-5(7)3-4-6;5-4(6,7)2-1-3-8/h3H,2,4,13H2,1H3;2-3H2,1H3;3H,1-2H2. The van der Waals surface area contributed by atoms with Crippen LogP contribution in [0.2, 0.25) is 0 Å². The number of nitrogens with zero attached hydrogens (tertiary/aromatic N) is 1. The predicted molar refractivity (Wildman–Crippen MR) is 103 cm³/mol. The van der Waals surface area contributed by atoms with Crippen molar-refractivity contribution in [2.24, 2.45) is 0 Å². The summed E-state index contributed by atoms with van der Waals surface area (Å²) in [6, 6.07) is 2.81. The zero-order valence-corrected chi connectivity index (χ0v) is 18.0. The number of aldehydes is 1. The molecule has 0 saturated carbocycles. The molecule has 0 aromatic carbocycles. The Kier molecular flexibility index (Phi) is 15.6. The van der Waals surface area contributed by atoms with E-state index in [1.165, 1.54) is 0 Å². The van der Waals surface area contributed by atoms with E-state index in [0.29, 0.717) is 6.61 Å². The van der Waals surface area contributed by atoms with Gasteiger partial charge in [-0.2, -0.15) is 31.6 Å². The van der Waals surface area contributed by atoms with Crippen molar-refractivity contribution < 1.29 is 50.2 Å². The number of alkyl halides is 6. The number of nitrogen functional groups attached to an aromatic ring is 1. The monoisotopic (exact) mass is 492 g/mol. The molecule has 0 amide bonds. The van der Waals surface area contributed by atoms with Crippen LogP contribution in [0.1, 0.15) is 48.3 Å². The second kappa shape index (κ2) is 15.9. The number of nitriles is 1. The molecule has 0 spiro atoms. The van der Waals surface area contributed by atoms with Crippen molar-refractivity contribution >= 4 is 34.6 Å². The lowest BCUT2D eigenvalue weighted by atomic mass is 10.2.